The molecule has 2 unspecified atom stereocenters. The number of nitrogens with zero attached hydrogens (tertiary/aromatic N) is 1. The summed E-state index contributed by atoms with van der Waals surface area (Å²) in [5.74, 6) is 0. The molecule has 0 spiro atoms. The Morgan fingerprint density at radius 2 is 2.00 bits per heavy atom. The zero-order valence-electron chi connectivity index (χ0n) is 12.0. The van der Waals surface area contributed by atoms with Crippen LogP contribution in [-0.4, -0.2) is 57.5 Å². The van der Waals surface area contributed by atoms with Crippen molar-refractivity contribution in [2.75, 3.05) is 40.4 Å². The molecule has 1 aliphatic rings. The van der Waals surface area contributed by atoms with Crippen molar-refractivity contribution in [3.63, 3.8) is 0 Å². The monoisotopic (exact) mass is 284 g/mol. The van der Waals surface area contributed by atoms with E-state index in [0.29, 0.717) is 0 Å². The molecule has 0 bridgehead atoms. The van der Waals surface area contributed by atoms with Crippen LogP contribution in [0.4, 0.5) is 0 Å². The van der Waals surface area contributed by atoms with Gasteiger partial charge in [0.1, 0.15) is 0 Å². The predicted molar refractivity (Wildman–Crippen MR) is 78.8 cm³/mol. The van der Waals surface area contributed by atoms with Crippen LogP contribution < -0.4 is 5.32 Å². The van der Waals surface area contributed by atoms with Crippen LogP contribution >= 0.6 is 11.3 Å². The Morgan fingerprint density at radius 3 is 2.53 bits per heavy atom. The third kappa shape index (κ3) is 4.00. The molecule has 4 nitrogen and oxygen atoms in total. The van der Waals surface area contributed by atoms with Crippen molar-refractivity contribution in [1.82, 2.24) is 10.2 Å². The molecule has 1 fully saturated rings. The van der Waals surface area contributed by atoms with E-state index in [0.717, 1.165) is 32.7 Å². The van der Waals surface area contributed by atoms with Gasteiger partial charge in [0.25, 0.3) is 0 Å². The van der Waals surface area contributed by atoms with Crippen LogP contribution in [0.15, 0.2) is 11.4 Å². The molecular formula is C14H24N2O2S. The molecule has 0 aliphatic carbocycles. The summed E-state index contributed by atoms with van der Waals surface area (Å²) in [6.07, 6.45) is 0.425. The molecule has 2 rings (SSSR count). The average molecular weight is 284 g/mol. The molecule has 108 valence electrons. The molecule has 0 amide bonds. The maximum absolute atomic E-state index is 5.44. The number of aryl methyl sites for hydroxylation is 1. The number of methoxy groups -OCH3 is 2. The van der Waals surface area contributed by atoms with Crippen molar-refractivity contribution in [2.45, 2.75) is 25.7 Å². The van der Waals surface area contributed by atoms with E-state index in [1.807, 2.05) is 11.3 Å². The van der Waals surface area contributed by atoms with Crippen molar-refractivity contribution >= 4 is 11.3 Å². The Labute approximate surface area is 119 Å². The molecule has 5 heteroatoms. The molecular weight excluding hydrogens is 260 g/mol. The Balaban J connectivity index is 1.65. The number of nitrogens with one attached hydrogen (secondary N) is 1. The van der Waals surface area contributed by atoms with Gasteiger partial charge in [-0.25, -0.2) is 0 Å². The molecule has 19 heavy (non-hydrogen) atoms. The number of hydrogen-bond acceptors (Lipinski definition) is 5. The SMILES string of the molecule is COC1CN(CCNCc2sccc2C)CC1OC. The maximum atomic E-state index is 5.44. The van der Waals surface area contributed by atoms with Gasteiger partial charge in [-0.1, -0.05) is 0 Å². The first-order valence-electron chi connectivity index (χ1n) is 6.76. The van der Waals surface area contributed by atoms with Gasteiger partial charge in [-0.05, 0) is 23.9 Å². The van der Waals surface area contributed by atoms with Gasteiger partial charge >= 0.3 is 0 Å². The zero-order chi connectivity index (χ0) is 13.7. The fraction of sp³-hybridized carbons (Fsp3) is 0.714. The maximum Gasteiger partial charge on any atom is 0.0971 e. The van der Waals surface area contributed by atoms with Gasteiger partial charge in [0.2, 0.25) is 0 Å². The van der Waals surface area contributed by atoms with E-state index in [4.69, 9.17) is 9.47 Å². The van der Waals surface area contributed by atoms with Crippen LogP contribution in [-0.2, 0) is 16.0 Å². The van der Waals surface area contributed by atoms with Gasteiger partial charge in [-0.2, -0.15) is 0 Å². The van der Waals surface area contributed by atoms with Crippen molar-refractivity contribution in [2.24, 2.45) is 0 Å². The summed E-state index contributed by atoms with van der Waals surface area (Å²) in [6.45, 7) is 7.12. The number of likely N-dealkylation sites (tertiary alicyclic amines) is 1. The quantitative estimate of drug-likeness (QED) is 0.769. The molecule has 1 aromatic rings. The second-order valence-corrected chi connectivity index (χ2v) is 6.01. The number of thiophene rings is 1. The van der Waals surface area contributed by atoms with E-state index >= 15 is 0 Å². The lowest BCUT2D eigenvalue weighted by Crippen LogP contribution is -2.31. The van der Waals surface area contributed by atoms with Gasteiger partial charge < -0.3 is 14.8 Å². The second-order valence-electron chi connectivity index (χ2n) is 5.01. The summed E-state index contributed by atoms with van der Waals surface area (Å²) in [6, 6.07) is 2.18. The molecule has 0 radical (unpaired) electrons. The van der Waals surface area contributed by atoms with E-state index in [1.165, 1.54) is 10.4 Å². The largest absolute Gasteiger partial charge is 0.377 e. The van der Waals surface area contributed by atoms with Gasteiger partial charge in [-0.15, -0.1) is 11.3 Å². The van der Waals surface area contributed by atoms with E-state index < -0.39 is 0 Å². The highest BCUT2D eigenvalue weighted by atomic mass is 32.1. The molecule has 0 aromatic carbocycles. The third-order valence-corrected chi connectivity index (χ3v) is 4.78. The summed E-state index contributed by atoms with van der Waals surface area (Å²) in [5.41, 5.74) is 1.39. The van der Waals surface area contributed by atoms with Crippen molar-refractivity contribution < 1.29 is 9.47 Å². The average Bonchev–Trinajstić information content (AvgIpc) is 3.00. The van der Waals surface area contributed by atoms with Gasteiger partial charge in [0.05, 0.1) is 12.2 Å². The molecule has 2 atom stereocenters. The minimum absolute atomic E-state index is 0.213. The first-order chi connectivity index (χ1) is 9.24. The summed E-state index contributed by atoms with van der Waals surface area (Å²) in [4.78, 5) is 3.84. The standard InChI is InChI=1S/C14H24N2O2S/c1-11-4-7-19-14(11)8-15-5-6-16-9-12(17-2)13(10-16)18-3/h4,7,12-13,15H,5-6,8-10H2,1-3H3. The fourth-order valence-corrected chi connectivity index (χ4v) is 3.35. The zero-order valence-corrected chi connectivity index (χ0v) is 12.8. The lowest BCUT2D eigenvalue weighted by atomic mass is 10.3. The van der Waals surface area contributed by atoms with Crippen molar-refractivity contribution in [3.05, 3.63) is 21.9 Å². The van der Waals surface area contributed by atoms with Crippen LogP contribution in [0, 0.1) is 6.92 Å². The van der Waals surface area contributed by atoms with Crippen molar-refractivity contribution in [3.8, 4) is 0 Å². The number of rotatable bonds is 7. The smallest absolute Gasteiger partial charge is 0.0971 e. The molecule has 1 aliphatic heterocycles. The number of hydrogen-bond donors (Lipinski definition) is 1. The Morgan fingerprint density at radius 1 is 1.32 bits per heavy atom. The van der Waals surface area contributed by atoms with E-state index in [2.05, 4.69) is 28.6 Å². The summed E-state index contributed by atoms with van der Waals surface area (Å²) in [5, 5.41) is 5.66. The van der Waals surface area contributed by atoms with Crippen LogP contribution in [0.3, 0.4) is 0 Å². The Hall–Kier alpha value is -0.460. The van der Waals surface area contributed by atoms with Crippen molar-refractivity contribution in [1.29, 1.82) is 0 Å². The van der Waals surface area contributed by atoms with Crippen LogP contribution in [0.5, 0.6) is 0 Å². The molecule has 1 N–H and O–H groups in total. The predicted octanol–water partition coefficient (Wildman–Crippen LogP) is 1.49. The fourth-order valence-electron chi connectivity index (χ4n) is 2.48. The normalized spacial score (nSPS) is 24.2. The highest BCUT2D eigenvalue weighted by molar-refractivity contribution is 7.10. The number of ether oxygens (including phenoxy) is 2. The van der Waals surface area contributed by atoms with E-state index in [1.54, 1.807) is 14.2 Å². The summed E-state index contributed by atoms with van der Waals surface area (Å²) >= 11 is 1.82. The lowest BCUT2D eigenvalue weighted by molar-refractivity contribution is -0.00461. The minimum Gasteiger partial charge on any atom is -0.377 e. The lowest BCUT2D eigenvalue weighted by Gasteiger charge is -2.15. The topological polar surface area (TPSA) is 33.7 Å². The molecule has 1 aromatic heterocycles. The molecule has 0 saturated carbocycles. The van der Waals surface area contributed by atoms with Crippen LogP contribution in [0.1, 0.15) is 10.4 Å². The van der Waals surface area contributed by atoms with Gasteiger partial charge in [0.15, 0.2) is 0 Å². The third-order valence-electron chi connectivity index (χ3n) is 3.75. The second kappa shape index (κ2) is 7.36. The first kappa shape index (κ1) is 14.9. The highest BCUT2D eigenvalue weighted by Crippen LogP contribution is 2.16. The van der Waals surface area contributed by atoms with Crippen LogP contribution in [0.2, 0.25) is 0 Å². The minimum atomic E-state index is 0.213. The van der Waals surface area contributed by atoms with E-state index in [-0.39, 0.29) is 12.2 Å². The molecule has 1 saturated heterocycles. The van der Waals surface area contributed by atoms with Crippen LogP contribution in [0.25, 0.3) is 0 Å². The summed E-state index contributed by atoms with van der Waals surface area (Å²) < 4.78 is 10.9. The Bertz CT molecular complexity index is 371. The van der Waals surface area contributed by atoms with E-state index in [9.17, 15) is 0 Å². The Kier molecular flexibility index (Phi) is 5.78. The summed E-state index contributed by atoms with van der Waals surface area (Å²) in [7, 11) is 3.52. The first-order valence-corrected chi connectivity index (χ1v) is 7.64. The highest BCUT2D eigenvalue weighted by Gasteiger charge is 2.32. The molecule has 2 heterocycles. The van der Waals surface area contributed by atoms with Gasteiger partial charge in [-0.3, -0.25) is 4.90 Å². The van der Waals surface area contributed by atoms with Gasteiger partial charge in [0, 0.05) is 51.8 Å².